The van der Waals surface area contributed by atoms with Gasteiger partial charge in [0.2, 0.25) is 6.04 Å². The maximum atomic E-state index is 12.8. The normalized spacial score (nSPS) is 11.7. The first-order valence-electron chi connectivity index (χ1n) is 8.81. The second kappa shape index (κ2) is 10.8. The number of carbonyl (C=O) groups is 2. The minimum absolute atomic E-state index is 0.120. The Morgan fingerprint density at radius 1 is 0.935 bits per heavy atom. The highest BCUT2D eigenvalue weighted by molar-refractivity contribution is 6.34. The highest BCUT2D eigenvalue weighted by atomic mass is 35.5. The third-order valence-electron chi connectivity index (χ3n) is 4.10. The van der Waals surface area contributed by atoms with Crippen molar-refractivity contribution in [2.75, 3.05) is 33.8 Å². The van der Waals surface area contributed by atoms with Gasteiger partial charge in [0, 0.05) is 17.2 Å². The lowest BCUT2D eigenvalue weighted by molar-refractivity contribution is -0.126. The molecule has 11 heteroatoms. The third kappa shape index (κ3) is 5.56. The molecule has 0 bridgehead atoms. The Balaban J connectivity index is 2.36. The first-order chi connectivity index (χ1) is 14.8. The molecule has 0 radical (unpaired) electrons. The number of ketones is 1. The zero-order chi connectivity index (χ0) is 23.1. The number of benzene rings is 2. The van der Waals surface area contributed by atoms with E-state index in [-0.39, 0.29) is 33.6 Å². The van der Waals surface area contributed by atoms with Crippen LogP contribution < -0.4 is 24.3 Å². The van der Waals surface area contributed by atoms with E-state index < -0.39 is 17.7 Å². The van der Waals surface area contributed by atoms with Crippen LogP contribution >= 0.6 is 23.2 Å². The molecule has 0 fully saturated rings. The minimum Gasteiger partial charge on any atom is -0.494 e. The molecule has 0 spiro atoms. The van der Waals surface area contributed by atoms with Crippen molar-refractivity contribution in [1.82, 2.24) is 0 Å². The summed E-state index contributed by atoms with van der Waals surface area (Å²) in [5.74, 6) is -0.134. The van der Waals surface area contributed by atoms with Gasteiger partial charge >= 0.3 is 0 Å². The van der Waals surface area contributed by atoms with Gasteiger partial charge in [-0.1, -0.05) is 23.2 Å². The van der Waals surface area contributed by atoms with Crippen molar-refractivity contribution >= 4 is 46.3 Å². The van der Waals surface area contributed by atoms with Crippen molar-refractivity contribution in [1.29, 1.82) is 0 Å². The maximum absolute atomic E-state index is 12.8. The van der Waals surface area contributed by atoms with Crippen LogP contribution in [0.15, 0.2) is 34.5 Å². The van der Waals surface area contributed by atoms with Crippen LogP contribution in [-0.2, 0) is 9.59 Å². The van der Waals surface area contributed by atoms with Crippen LogP contribution in [0.1, 0.15) is 6.92 Å². The average molecular weight is 470 g/mol. The predicted octanol–water partition coefficient (Wildman–Crippen LogP) is 4.71. The Kier molecular flexibility index (Phi) is 8.47. The molecule has 31 heavy (non-hydrogen) atoms. The van der Waals surface area contributed by atoms with Crippen LogP contribution in [-0.4, -0.2) is 46.2 Å². The molecule has 9 nitrogen and oxygen atoms in total. The van der Waals surface area contributed by atoms with E-state index in [1.807, 2.05) is 0 Å². The van der Waals surface area contributed by atoms with Crippen LogP contribution in [0, 0.1) is 0 Å². The molecule has 2 aromatic carbocycles. The van der Waals surface area contributed by atoms with Crippen LogP contribution in [0.25, 0.3) is 0 Å². The molecule has 1 N–H and O–H groups in total. The second-order valence-electron chi connectivity index (χ2n) is 6.04. The summed E-state index contributed by atoms with van der Waals surface area (Å²) in [6.45, 7) is 1.22. The Hall–Kier alpha value is -3.04. The summed E-state index contributed by atoms with van der Waals surface area (Å²) >= 11 is 12.3. The molecular formula is C20H21Cl2N3O6. The lowest BCUT2D eigenvalue weighted by atomic mass is 10.2. The lowest BCUT2D eigenvalue weighted by Crippen LogP contribution is -2.32. The van der Waals surface area contributed by atoms with Gasteiger partial charge < -0.3 is 24.3 Å². The largest absolute Gasteiger partial charge is 0.494 e. The van der Waals surface area contributed by atoms with Crippen molar-refractivity contribution in [3.63, 3.8) is 0 Å². The van der Waals surface area contributed by atoms with Gasteiger partial charge in [-0.15, -0.1) is 0 Å². The first-order valence-corrected chi connectivity index (χ1v) is 9.57. The molecule has 1 amide bonds. The number of ether oxygens (including phenoxy) is 4. The smallest absolute Gasteiger partial charge is 0.259 e. The SMILES string of the molecule is COc1cc(Cl)cc(OC)c1NC(=O)C(N=Nc1ccc(OC)c(OC)c1Cl)C(C)=O. The Labute approximate surface area is 189 Å². The highest BCUT2D eigenvalue weighted by Crippen LogP contribution is 2.41. The molecule has 1 atom stereocenters. The molecule has 166 valence electrons. The third-order valence-corrected chi connectivity index (χ3v) is 4.68. The van der Waals surface area contributed by atoms with E-state index in [1.165, 1.54) is 53.6 Å². The van der Waals surface area contributed by atoms with Crippen LogP contribution in [0.4, 0.5) is 11.4 Å². The van der Waals surface area contributed by atoms with E-state index in [9.17, 15) is 9.59 Å². The number of carbonyl (C=O) groups excluding carboxylic acids is 2. The minimum atomic E-state index is -1.45. The number of nitrogens with one attached hydrogen (secondary N) is 1. The maximum Gasteiger partial charge on any atom is 0.259 e. The van der Waals surface area contributed by atoms with Crippen LogP contribution in [0.2, 0.25) is 10.0 Å². The number of halogens is 2. The number of anilines is 1. The van der Waals surface area contributed by atoms with E-state index in [4.69, 9.17) is 42.1 Å². The van der Waals surface area contributed by atoms with E-state index in [0.29, 0.717) is 10.8 Å². The molecular weight excluding hydrogens is 449 g/mol. The monoisotopic (exact) mass is 469 g/mol. The number of amides is 1. The van der Waals surface area contributed by atoms with E-state index >= 15 is 0 Å². The number of methoxy groups -OCH3 is 4. The van der Waals surface area contributed by atoms with Gasteiger partial charge in [0.15, 0.2) is 17.3 Å². The fourth-order valence-electron chi connectivity index (χ4n) is 2.59. The summed E-state index contributed by atoms with van der Waals surface area (Å²) in [4.78, 5) is 24.9. The van der Waals surface area contributed by atoms with Gasteiger partial charge in [-0.05, 0) is 19.1 Å². The summed E-state index contributed by atoms with van der Waals surface area (Å²) in [6.07, 6.45) is 0. The summed E-state index contributed by atoms with van der Waals surface area (Å²) < 4.78 is 20.8. The molecule has 0 saturated carbocycles. The Bertz CT molecular complexity index is 988. The molecule has 2 aromatic rings. The zero-order valence-electron chi connectivity index (χ0n) is 17.5. The fraction of sp³-hybridized carbons (Fsp3) is 0.300. The number of azo groups is 1. The van der Waals surface area contributed by atoms with Gasteiger partial charge in [-0.25, -0.2) is 0 Å². The Morgan fingerprint density at radius 2 is 1.52 bits per heavy atom. The predicted molar refractivity (Wildman–Crippen MR) is 117 cm³/mol. The van der Waals surface area contributed by atoms with E-state index in [0.717, 1.165) is 0 Å². The summed E-state index contributed by atoms with van der Waals surface area (Å²) in [7, 11) is 5.69. The van der Waals surface area contributed by atoms with E-state index in [2.05, 4.69) is 15.5 Å². The summed E-state index contributed by atoms with van der Waals surface area (Å²) in [5.41, 5.74) is 0.394. The standard InChI is InChI=1S/C20H21Cl2N3O6/c1-10(26)17(25-24-12-6-7-13(28-2)19(31-5)16(12)22)20(27)23-18-14(29-3)8-11(21)9-15(18)30-4/h6-9,17H,1-5H3,(H,23,27). The number of rotatable bonds is 9. The van der Waals surface area contributed by atoms with Gasteiger partial charge in [0.05, 0.1) is 28.4 Å². The van der Waals surface area contributed by atoms with Crippen molar-refractivity contribution in [3.8, 4) is 23.0 Å². The number of nitrogens with zero attached hydrogens (tertiary/aromatic N) is 2. The van der Waals surface area contributed by atoms with Crippen molar-refractivity contribution in [2.24, 2.45) is 10.2 Å². The fourth-order valence-corrected chi connectivity index (χ4v) is 3.06. The van der Waals surface area contributed by atoms with Crippen molar-refractivity contribution < 1.29 is 28.5 Å². The molecule has 1 unspecified atom stereocenters. The molecule has 0 saturated heterocycles. The lowest BCUT2D eigenvalue weighted by Gasteiger charge is -2.16. The van der Waals surface area contributed by atoms with E-state index in [1.54, 1.807) is 6.07 Å². The topological polar surface area (TPSA) is 108 Å². The van der Waals surface area contributed by atoms with Gasteiger partial charge in [-0.2, -0.15) is 10.2 Å². The highest BCUT2D eigenvalue weighted by Gasteiger charge is 2.26. The quantitative estimate of drug-likeness (QED) is 0.420. The van der Waals surface area contributed by atoms with Gasteiger partial charge in [0.1, 0.15) is 27.9 Å². The second-order valence-corrected chi connectivity index (χ2v) is 6.85. The van der Waals surface area contributed by atoms with Gasteiger partial charge in [-0.3, -0.25) is 9.59 Å². The van der Waals surface area contributed by atoms with Gasteiger partial charge in [0.25, 0.3) is 5.91 Å². The first kappa shape index (κ1) is 24.2. The molecule has 0 aromatic heterocycles. The van der Waals surface area contributed by atoms with Crippen LogP contribution in [0.5, 0.6) is 23.0 Å². The summed E-state index contributed by atoms with van der Waals surface area (Å²) in [5, 5.41) is 10.9. The molecule has 0 aliphatic heterocycles. The number of hydrogen-bond donors (Lipinski definition) is 1. The molecule has 0 aliphatic carbocycles. The zero-order valence-corrected chi connectivity index (χ0v) is 19.0. The van der Waals surface area contributed by atoms with Crippen LogP contribution in [0.3, 0.4) is 0 Å². The number of hydrogen-bond acceptors (Lipinski definition) is 8. The summed E-state index contributed by atoms with van der Waals surface area (Å²) in [6, 6.07) is 4.63. The average Bonchev–Trinajstić information content (AvgIpc) is 2.74. The molecule has 0 aliphatic rings. The van der Waals surface area contributed by atoms with Crippen molar-refractivity contribution in [3.05, 3.63) is 34.3 Å². The molecule has 0 heterocycles. The van der Waals surface area contributed by atoms with Crippen molar-refractivity contribution in [2.45, 2.75) is 13.0 Å². The Morgan fingerprint density at radius 3 is 2.00 bits per heavy atom. The molecule has 2 rings (SSSR count). The number of Topliss-reactive ketones (excluding diaryl/α,β-unsaturated/α-hetero) is 1.